The molecule has 1 heterocycles. The molecule has 0 saturated carbocycles. The second-order valence-electron chi connectivity index (χ2n) is 4.92. The smallest absolute Gasteiger partial charge is 0.248 e. The Morgan fingerprint density at radius 3 is 2.67 bits per heavy atom. The van der Waals surface area contributed by atoms with Gasteiger partial charge in [0.2, 0.25) is 5.91 Å². The summed E-state index contributed by atoms with van der Waals surface area (Å²) in [4.78, 5) is 16.2. The lowest BCUT2D eigenvalue weighted by atomic mass is 10.0. The van der Waals surface area contributed by atoms with Crippen molar-refractivity contribution in [1.29, 1.82) is 0 Å². The second kappa shape index (κ2) is 8.45. The van der Waals surface area contributed by atoms with Gasteiger partial charge in [-0.2, -0.15) is 0 Å². The van der Waals surface area contributed by atoms with Gasteiger partial charge in [0.15, 0.2) is 0 Å². The molecule has 1 aliphatic rings. The van der Waals surface area contributed by atoms with E-state index in [4.69, 9.17) is 10.5 Å². The van der Waals surface area contributed by atoms with E-state index in [1.165, 1.54) is 13.0 Å². The Labute approximate surface area is 110 Å². The molecule has 18 heavy (non-hydrogen) atoms. The van der Waals surface area contributed by atoms with E-state index in [-0.39, 0.29) is 12.5 Å². The minimum Gasteiger partial charge on any atom is -0.370 e. The fourth-order valence-corrected chi connectivity index (χ4v) is 2.39. The van der Waals surface area contributed by atoms with Crippen LogP contribution < -0.4 is 5.73 Å². The van der Waals surface area contributed by atoms with E-state index >= 15 is 0 Å². The van der Waals surface area contributed by atoms with Crippen LogP contribution in [0.5, 0.6) is 0 Å². The van der Waals surface area contributed by atoms with E-state index in [0.717, 1.165) is 25.9 Å². The van der Waals surface area contributed by atoms with Crippen LogP contribution in [-0.4, -0.2) is 68.2 Å². The zero-order valence-corrected chi connectivity index (χ0v) is 11.7. The Hall–Kier alpha value is -0.650. The first-order valence-electron chi connectivity index (χ1n) is 6.94. The Morgan fingerprint density at radius 2 is 2.11 bits per heavy atom. The van der Waals surface area contributed by atoms with E-state index in [2.05, 4.69) is 11.8 Å². The molecule has 5 heteroatoms. The van der Waals surface area contributed by atoms with Crippen LogP contribution >= 0.6 is 0 Å². The molecule has 0 unspecified atom stereocenters. The summed E-state index contributed by atoms with van der Waals surface area (Å²) in [6.07, 6.45) is 3.34. The van der Waals surface area contributed by atoms with E-state index in [1.807, 2.05) is 11.9 Å². The largest absolute Gasteiger partial charge is 0.370 e. The Bertz CT molecular complexity index is 240. The number of likely N-dealkylation sites (N-methyl/N-ethyl adjacent to an activating group) is 1. The van der Waals surface area contributed by atoms with Gasteiger partial charge in [-0.3, -0.25) is 4.79 Å². The highest BCUT2D eigenvalue weighted by molar-refractivity contribution is 5.77. The molecule has 1 amide bonds. The van der Waals surface area contributed by atoms with Gasteiger partial charge in [-0.1, -0.05) is 6.92 Å². The zero-order valence-electron chi connectivity index (χ0n) is 11.7. The number of amides is 1. The summed E-state index contributed by atoms with van der Waals surface area (Å²) >= 11 is 0. The third-order valence-corrected chi connectivity index (χ3v) is 3.53. The zero-order chi connectivity index (χ0) is 13.4. The summed E-state index contributed by atoms with van der Waals surface area (Å²) in [5.41, 5.74) is 5.32. The van der Waals surface area contributed by atoms with Crippen LogP contribution in [-0.2, 0) is 9.53 Å². The van der Waals surface area contributed by atoms with Gasteiger partial charge in [0.05, 0.1) is 6.61 Å². The number of hydrogen-bond acceptors (Lipinski definition) is 4. The van der Waals surface area contributed by atoms with Crippen molar-refractivity contribution in [2.75, 3.05) is 46.4 Å². The molecule has 0 aromatic carbocycles. The minimum atomic E-state index is 0.0670. The predicted molar refractivity (Wildman–Crippen MR) is 72.4 cm³/mol. The standard InChI is InChI=1S/C13H27N3O2/c1-3-7-16-8-4-12(5-9-16)15(2)13(17)11-18-10-6-14/h12H,3-11,14H2,1-2H3. The molecule has 1 saturated heterocycles. The summed E-state index contributed by atoms with van der Waals surface area (Å²) in [5, 5.41) is 0. The number of rotatable bonds is 7. The maximum atomic E-state index is 11.9. The molecule has 0 atom stereocenters. The molecule has 0 aromatic heterocycles. The molecular formula is C13H27N3O2. The Morgan fingerprint density at radius 1 is 1.44 bits per heavy atom. The lowest BCUT2D eigenvalue weighted by Gasteiger charge is -2.36. The number of nitrogens with zero attached hydrogens (tertiary/aromatic N) is 2. The van der Waals surface area contributed by atoms with E-state index in [1.54, 1.807) is 0 Å². The summed E-state index contributed by atoms with van der Waals surface area (Å²) in [6, 6.07) is 0.368. The van der Waals surface area contributed by atoms with Gasteiger partial charge in [-0.25, -0.2) is 0 Å². The molecule has 0 spiro atoms. The SMILES string of the molecule is CCCN1CCC(N(C)C(=O)COCCN)CC1. The summed E-state index contributed by atoms with van der Waals surface area (Å²) in [7, 11) is 1.88. The maximum Gasteiger partial charge on any atom is 0.248 e. The van der Waals surface area contributed by atoms with Crippen molar-refractivity contribution in [1.82, 2.24) is 9.80 Å². The second-order valence-corrected chi connectivity index (χ2v) is 4.92. The van der Waals surface area contributed by atoms with Crippen molar-refractivity contribution in [3.63, 3.8) is 0 Å². The van der Waals surface area contributed by atoms with Crippen LogP contribution in [0.3, 0.4) is 0 Å². The monoisotopic (exact) mass is 257 g/mol. The van der Waals surface area contributed by atoms with Crippen LogP contribution in [0.25, 0.3) is 0 Å². The normalized spacial score (nSPS) is 17.9. The van der Waals surface area contributed by atoms with Gasteiger partial charge in [-0.15, -0.1) is 0 Å². The van der Waals surface area contributed by atoms with Gasteiger partial charge >= 0.3 is 0 Å². The first-order valence-corrected chi connectivity index (χ1v) is 6.94. The number of likely N-dealkylation sites (tertiary alicyclic amines) is 1. The van der Waals surface area contributed by atoms with E-state index in [9.17, 15) is 4.79 Å². The van der Waals surface area contributed by atoms with Crippen LogP contribution in [0.4, 0.5) is 0 Å². The lowest BCUT2D eigenvalue weighted by Crippen LogP contribution is -2.46. The molecule has 0 aromatic rings. The molecule has 2 N–H and O–H groups in total. The maximum absolute atomic E-state index is 11.9. The molecule has 0 bridgehead atoms. The molecule has 5 nitrogen and oxygen atoms in total. The highest BCUT2D eigenvalue weighted by Gasteiger charge is 2.24. The van der Waals surface area contributed by atoms with Crippen LogP contribution in [0.2, 0.25) is 0 Å². The van der Waals surface area contributed by atoms with Crippen LogP contribution in [0.15, 0.2) is 0 Å². The lowest BCUT2D eigenvalue weighted by molar-refractivity contribution is -0.137. The van der Waals surface area contributed by atoms with Crippen molar-refractivity contribution in [3.05, 3.63) is 0 Å². The number of piperidine rings is 1. The van der Waals surface area contributed by atoms with Crippen molar-refractivity contribution < 1.29 is 9.53 Å². The van der Waals surface area contributed by atoms with Gasteiger partial charge in [-0.05, 0) is 25.8 Å². The van der Waals surface area contributed by atoms with Gasteiger partial charge in [0.25, 0.3) is 0 Å². The van der Waals surface area contributed by atoms with Crippen molar-refractivity contribution in [3.8, 4) is 0 Å². The highest BCUT2D eigenvalue weighted by atomic mass is 16.5. The van der Waals surface area contributed by atoms with Crippen molar-refractivity contribution in [2.24, 2.45) is 5.73 Å². The van der Waals surface area contributed by atoms with E-state index in [0.29, 0.717) is 19.2 Å². The number of carbonyl (C=O) groups excluding carboxylic acids is 1. The highest BCUT2D eigenvalue weighted by Crippen LogP contribution is 2.15. The number of nitrogens with two attached hydrogens (primary N) is 1. The van der Waals surface area contributed by atoms with Gasteiger partial charge in [0.1, 0.15) is 6.61 Å². The first kappa shape index (κ1) is 15.4. The minimum absolute atomic E-state index is 0.0670. The topological polar surface area (TPSA) is 58.8 Å². The van der Waals surface area contributed by atoms with Crippen molar-refractivity contribution in [2.45, 2.75) is 32.2 Å². The summed E-state index contributed by atoms with van der Waals surface area (Å²) in [6.45, 7) is 6.64. The van der Waals surface area contributed by atoms with Crippen LogP contribution in [0, 0.1) is 0 Å². The molecule has 1 fully saturated rings. The number of hydrogen-bond donors (Lipinski definition) is 1. The molecule has 0 aliphatic carbocycles. The summed E-state index contributed by atoms with van der Waals surface area (Å²) < 4.78 is 5.19. The van der Waals surface area contributed by atoms with Crippen molar-refractivity contribution >= 4 is 5.91 Å². The number of carbonyl (C=O) groups is 1. The number of ether oxygens (including phenoxy) is 1. The first-order chi connectivity index (χ1) is 8.69. The third-order valence-electron chi connectivity index (χ3n) is 3.53. The molecule has 1 aliphatic heterocycles. The van der Waals surface area contributed by atoms with Gasteiger partial charge < -0.3 is 20.3 Å². The average molecular weight is 257 g/mol. The quantitative estimate of drug-likeness (QED) is 0.666. The Balaban J connectivity index is 2.26. The fraction of sp³-hybridized carbons (Fsp3) is 0.923. The fourth-order valence-electron chi connectivity index (χ4n) is 2.39. The van der Waals surface area contributed by atoms with E-state index < -0.39 is 0 Å². The van der Waals surface area contributed by atoms with Gasteiger partial charge in [0, 0.05) is 32.7 Å². The summed E-state index contributed by atoms with van der Waals surface area (Å²) in [5.74, 6) is 0.0670. The molecular weight excluding hydrogens is 230 g/mol. The average Bonchev–Trinajstić information content (AvgIpc) is 2.39. The molecule has 0 radical (unpaired) electrons. The molecule has 1 rings (SSSR count). The third kappa shape index (κ3) is 4.92. The predicted octanol–water partition coefficient (Wildman–Crippen LogP) is 0.295. The molecule has 106 valence electrons. The Kier molecular flexibility index (Phi) is 7.23. The van der Waals surface area contributed by atoms with Crippen LogP contribution in [0.1, 0.15) is 26.2 Å².